The second kappa shape index (κ2) is 7.07. The first-order valence-electron chi connectivity index (χ1n) is 4.61. The quantitative estimate of drug-likeness (QED) is 0.431. The van der Waals surface area contributed by atoms with Gasteiger partial charge in [-0.2, -0.15) is 0 Å². The van der Waals surface area contributed by atoms with E-state index in [4.69, 9.17) is 0 Å². The van der Waals surface area contributed by atoms with Crippen LogP contribution in [0.3, 0.4) is 0 Å². The fourth-order valence-corrected chi connectivity index (χ4v) is 1.34. The van der Waals surface area contributed by atoms with Gasteiger partial charge in [0, 0.05) is 0 Å². The van der Waals surface area contributed by atoms with Crippen LogP contribution in [-0.4, -0.2) is 31.2 Å². The summed E-state index contributed by atoms with van der Waals surface area (Å²) in [4.78, 5) is 0. The zero-order chi connectivity index (χ0) is 9.40. The summed E-state index contributed by atoms with van der Waals surface area (Å²) in [6.07, 6.45) is 3.88. The summed E-state index contributed by atoms with van der Waals surface area (Å²) in [5.74, 6) is 0. The van der Waals surface area contributed by atoms with Crippen LogP contribution in [0.1, 0.15) is 13.8 Å². The first-order chi connectivity index (χ1) is 5.79. The Labute approximate surface area is 76.1 Å². The molecule has 0 aliphatic carbocycles. The molecule has 0 aliphatic heterocycles. The van der Waals surface area contributed by atoms with E-state index >= 15 is 0 Å². The third-order valence-corrected chi connectivity index (χ3v) is 1.96. The molecule has 2 heteroatoms. The number of nitrogens with zero attached hydrogens (tertiary/aromatic N) is 1. The van der Waals surface area contributed by atoms with Crippen molar-refractivity contribution in [2.45, 2.75) is 13.8 Å². The molecule has 0 rings (SSSR count). The highest BCUT2D eigenvalue weighted by molar-refractivity contribution is 4.74. The summed E-state index contributed by atoms with van der Waals surface area (Å²) in [7, 11) is 0. The number of rotatable bonds is 7. The van der Waals surface area contributed by atoms with Gasteiger partial charge < -0.3 is 0 Å². The molecule has 0 radical (unpaired) electrons. The molecule has 12 heavy (non-hydrogen) atoms. The number of hydrogen-bond donors (Lipinski definition) is 1. The minimum Gasteiger partial charge on any atom is -0.255 e. The molecule has 2 nitrogen and oxygen atoms in total. The van der Waals surface area contributed by atoms with Crippen molar-refractivity contribution in [3.8, 4) is 0 Å². The van der Waals surface area contributed by atoms with Crippen LogP contribution in [0.25, 0.3) is 0 Å². The van der Waals surface area contributed by atoms with Crippen LogP contribution in [0.5, 0.6) is 0 Å². The van der Waals surface area contributed by atoms with E-state index < -0.39 is 0 Å². The van der Waals surface area contributed by atoms with Crippen LogP contribution in [0.2, 0.25) is 0 Å². The highest BCUT2D eigenvalue weighted by Crippen LogP contribution is 1.78. The summed E-state index contributed by atoms with van der Waals surface area (Å²) in [6.45, 7) is 16.0. The second-order valence-electron chi connectivity index (χ2n) is 2.76. The van der Waals surface area contributed by atoms with E-state index in [0.29, 0.717) is 0 Å². The Balaban J connectivity index is 4.02. The number of hydrogen-bond acceptors (Lipinski definition) is 1. The molecule has 1 N–H and O–H groups in total. The first kappa shape index (κ1) is 11.4. The average Bonchev–Trinajstić information content (AvgIpc) is 2.07. The molecule has 0 aromatic carbocycles. The van der Waals surface area contributed by atoms with E-state index in [9.17, 15) is 0 Å². The largest absolute Gasteiger partial charge is 0.255 e. The zero-order valence-corrected chi connectivity index (χ0v) is 8.34. The summed E-state index contributed by atoms with van der Waals surface area (Å²) < 4.78 is 0. The molecule has 0 unspecified atom stereocenters. The molecule has 0 atom stereocenters. The molecule has 0 aromatic heterocycles. The van der Waals surface area contributed by atoms with Gasteiger partial charge in [-0.1, -0.05) is 12.2 Å². The Hall–Kier alpha value is -0.600. The van der Waals surface area contributed by atoms with Gasteiger partial charge in [-0.3, -0.25) is 5.01 Å². The van der Waals surface area contributed by atoms with E-state index in [2.05, 4.69) is 32.0 Å². The monoisotopic (exact) mass is 169 g/mol. The summed E-state index contributed by atoms with van der Waals surface area (Å²) >= 11 is 0. The van der Waals surface area contributed by atoms with E-state index in [1.165, 1.54) is 5.01 Å². The second-order valence-corrected chi connectivity index (χ2v) is 2.76. The molecule has 0 aromatic rings. The summed E-state index contributed by atoms with van der Waals surface area (Å²) in [6, 6.07) is 0. The van der Waals surface area contributed by atoms with Gasteiger partial charge in [-0.15, -0.1) is 18.2 Å². The average molecular weight is 169 g/mol. The predicted molar refractivity (Wildman–Crippen MR) is 54.0 cm³/mol. The van der Waals surface area contributed by atoms with Crippen LogP contribution in [-0.2, 0) is 0 Å². The van der Waals surface area contributed by atoms with E-state index in [1.54, 1.807) is 0 Å². The molecule has 0 aliphatic rings. The van der Waals surface area contributed by atoms with Gasteiger partial charge in [0.1, 0.15) is 0 Å². The van der Waals surface area contributed by atoms with Crippen molar-refractivity contribution < 1.29 is 5.01 Å². The van der Waals surface area contributed by atoms with Crippen LogP contribution < -0.4 is 5.01 Å². The molecule has 0 saturated carbocycles. The Morgan fingerprint density at radius 2 is 1.50 bits per heavy atom. The molecule has 0 spiro atoms. The van der Waals surface area contributed by atoms with Gasteiger partial charge in [0.2, 0.25) is 0 Å². The van der Waals surface area contributed by atoms with E-state index in [1.807, 2.05) is 12.2 Å². The van der Waals surface area contributed by atoms with Gasteiger partial charge in [0.05, 0.1) is 26.2 Å². The molecule has 0 amide bonds. The van der Waals surface area contributed by atoms with E-state index in [0.717, 1.165) is 26.2 Å². The lowest BCUT2D eigenvalue weighted by Gasteiger charge is -2.27. The summed E-state index contributed by atoms with van der Waals surface area (Å²) in [5, 5.41) is 3.80. The Bertz CT molecular complexity index is 118. The minimum absolute atomic E-state index is 0.934. The molecular formula is C10H21N2+. The van der Waals surface area contributed by atoms with E-state index in [-0.39, 0.29) is 0 Å². The lowest BCUT2D eigenvalue weighted by molar-refractivity contribution is -1.01. The fraction of sp³-hybridized carbons (Fsp3) is 0.600. The van der Waals surface area contributed by atoms with Gasteiger partial charge in [-0.05, 0) is 13.8 Å². The van der Waals surface area contributed by atoms with Gasteiger partial charge >= 0.3 is 0 Å². The Morgan fingerprint density at radius 1 is 1.08 bits per heavy atom. The lowest BCUT2D eigenvalue weighted by atomic mass is 10.5. The molecule has 0 saturated heterocycles. The van der Waals surface area contributed by atoms with Crippen molar-refractivity contribution in [1.82, 2.24) is 5.01 Å². The lowest BCUT2D eigenvalue weighted by Crippen LogP contribution is -3.17. The molecule has 0 bridgehead atoms. The van der Waals surface area contributed by atoms with Crippen LogP contribution in [0.4, 0.5) is 0 Å². The minimum atomic E-state index is 0.934. The highest BCUT2D eigenvalue weighted by Gasteiger charge is 2.11. The standard InChI is InChI=1S/C10H20N2/c1-5-9-12(10-6-2)11(7-3)8-4/h5-6H,1-2,7-10H2,3-4H3/p+1. The van der Waals surface area contributed by atoms with Crippen LogP contribution in [0, 0.1) is 0 Å². The molecule has 0 heterocycles. The number of quaternary nitrogens is 1. The maximum Gasteiger partial charge on any atom is 0.0919 e. The third-order valence-electron chi connectivity index (χ3n) is 1.96. The predicted octanol–water partition coefficient (Wildman–Crippen LogP) is 0.500. The normalized spacial score (nSPS) is 10.7. The zero-order valence-electron chi connectivity index (χ0n) is 8.34. The van der Waals surface area contributed by atoms with Crippen molar-refractivity contribution >= 4 is 0 Å². The van der Waals surface area contributed by atoms with Crippen molar-refractivity contribution in [3.05, 3.63) is 25.3 Å². The molecule has 70 valence electrons. The Morgan fingerprint density at radius 3 is 1.75 bits per heavy atom. The maximum atomic E-state index is 3.74. The topological polar surface area (TPSA) is 7.68 Å². The van der Waals surface area contributed by atoms with Crippen molar-refractivity contribution in [3.63, 3.8) is 0 Å². The smallest absolute Gasteiger partial charge is 0.0919 e. The van der Waals surface area contributed by atoms with Crippen molar-refractivity contribution in [1.29, 1.82) is 0 Å². The fourth-order valence-electron chi connectivity index (χ4n) is 1.34. The third kappa shape index (κ3) is 3.69. The number of nitrogens with one attached hydrogen (secondary N) is 1. The molecule has 0 fully saturated rings. The van der Waals surface area contributed by atoms with Crippen LogP contribution in [0.15, 0.2) is 25.3 Å². The van der Waals surface area contributed by atoms with Gasteiger partial charge in [-0.25, -0.2) is 0 Å². The first-order valence-corrected chi connectivity index (χ1v) is 4.61. The van der Waals surface area contributed by atoms with Gasteiger partial charge in [0.15, 0.2) is 0 Å². The van der Waals surface area contributed by atoms with Gasteiger partial charge in [0.25, 0.3) is 0 Å². The SMILES string of the molecule is C=CCN(CC=C)[NH+](CC)CC. The van der Waals surface area contributed by atoms with Crippen molar-refractivity contribution in [2.75, 3.05) is 26.2 Å². The summed E-state index contributed by atoms with van der Waals surface area (Å²) in [5.41, 5.74) is 0. The maximum absolute atomic E-state index is 3.74. The van der Waals surface area contributed by atoms with Crippen LogP contribution >= 0.6 is 0 Å². The Kier molecular flexibility index (Phi) is 6.72. The molecular weight excluding hydrogens is 148 g/mol. The highest BCUT2D eigenvalue weighted by atomic mass is 15.6. The van der Waals surface area contributed by atoms with Crippen molar-refractivity contribution in [2.24, 2.45) is 0 Å².